The van der Waals surface area contributed by atoms with Gasteiger partial charge in [0.15, 0.2) is 0 Å². The van der Waals surface area contributed by atoms with Crippen molar-refractivity contribution >= 4 is 11.8 Å². The van der Waals surface area contributed by atoms with Gasteiger partial charge in [-0.3, -0.25) is 9.59 Å². The Bertz CT molecular complexity index is 531. The molecule has 1 aromatic rings. The van der Waals surface area contributed by atoms with Crippen molar-refractivity contribution in [1.82, 2.24) is 10.6 Å². The van der Waals surface area contributed by atoms with E-state index in [1.807, 2.05) is 6.92 Å². The van der Waals surface area contributed by atoms with Crippen molar-refractivity contribution in [2.45, 2.75) is 20.3 Å². The molecule has 20 heavy (non-hydrogen) atoms. The third-order valence-electron chi connectivity index (χ3n) is 3.59. The van der Waals surface area contributed by atoms with Gasteiger partial charge in [-0.1, -0.05) is 13.0 Å². The van der Waals surface area contributed by atoms with E-state index >= 15 is 0 Å². The molecular formula is C15H19FN2O2. The average Bonchev–Trinajstić information content (AvgIpc) is 3.14. The maximum atomic E-state index is 13.3. The van der Waals surface area contributed by atoms with Crippen LogP contribution in [0.4, 0.5) is 4.39 Å². The Morgan fingerprint density at radius 3 is 2.55 bits per heavy atom. The minimum absolute atomic E-state index is 0.0492. The van der Waals surface area contributed by atoms with E-state index in [-0.39, 0.29) is 23.3 Å². The van der Waals surface area contributed by atoms with E-state index in [2.05, 4.69) is 10.6 Å². The van der Waals surface area contributed by atoms with Crippen LogP contribution in [0.1, 0.15) is 29.3 Å². The molecule has 0 spiro atoms. The van der Waals surface area contributed by atoms with Crippen molar-refractivity contribution < 1.29 is 14.0 Å². The van der Waals surface area contributed by atoms with E-state index in [1.165, 1.54) is 6.07 Å². The molecule has 0 heterocycles. The maximum absolute atomic E-state index is 13.3. The summed E-state index contributed by atoms with van der Waals surface area (Å²) in [5, 5.41) is 5.43. The van der Waals surface area contributed by atoms with Gasteiger partial charge < -0.3 is 10.6 Å². The summed E-state index contributed by atoms with van der Waals surface area (Å²) in [6, 6.07) is 4.37. The first-order valence-corrected chi connectivity index (χ1v) is 6.81. The molecule has 0 aliphatic heterocycles. The number of hydrogen-bond donors (Lipinski definition) is 2. The molecule has 0 saturated heterocycles. The van der Waals surface area contributed by atoms with Gasteiger partial charge in [-0.05, 0) is 37.0 Å². The predicted molar refractivity (Wildman–Crippen MR) is 73.8 cm³/mol. The molecule has 0 aromatic heterocycles. The average molecular weight is 278 g/mol. The fraction of sp³-hybridized carbons (Fsp3) is 0.467. The van der Waals surface area contributed by atoms with Crippen LogP contribution in [-0.4, -0.2) is 24.9 Å². The zero-order chi connectivity index (χ0) is 14.7. The van der Waals surface area contributed by atoms with Crippen molar-refractivity contribution in [1.29, 1.82) is 0 Å². The Hall–Kier alpha value is -1.91. The second-order valence-electron chi connectivity index (χ2n) is 5.33. The van der Waals surface area contributed by atoms with Gasteiger partial charge in [0.25, 0.3) is 5.91 Å². The van der Waals surface area contributed by atoms with Crippen LogP contribution in [-0.2, 0) is 4.79 Å². The number of benzene rings is 1. The molecule has 4 nitrogen and oxygen atoms in total. The first-order chi connectivity index (χ1) is 9.49. The molecule has 0 radical (unpaired) electrons. The van der Waals surface area contributed by atoms with Gasteiger partial charge >= 0.3 is 0 Å². The zero-order valence-electron chi connectivity index (χ0n) is 11.7. The summed E-state index contributed by atoms with van der Waals surface area (Å²) in [4.78, 5) is 23.3. The number of carbonyl (C=O) groups excluding carboxylic acids is 2. The van der Waals surface area contributed by atoms with Crippen molar-refractivity contribution in [2.24, 2.45) is 11.8 Å². The lowest BCUT2D eigenvalue weighted by molar-refractivity contribution is -0.122. The molecule has 2 atom stereocenters. The monoisotopic (exact) mass is 278 g/mol. The molecule has 1 aliphatic carbocycles. The third-order valence-corrected chi connectivity index (χ3v) is 3.59. The van der Waals surface area contributed by atoms with Gasteiger partial charge in [-0.2, -0.15) is 0 Å². The number of rotatable bonds is 5. The summed E-state index contributed by atoms with van der Waals surface area (Å²) < 4.78 is 13.3. The second kappa shape index (κ2) is 6.03. The molecular weight excluding hydrogens is 259 g/mol. The SMILES string of the molecule is Cc1ccc(C(=O)NCCNC(=O)[C@H]2C[C@@H]2C)cc1F. The number of hydrogen-bond acceptors (Lipinski definition) is 2. The minimum Gasteiger partial charge on any atom is -0.354 e. The fourth-order valence-corrected chi connectivity index (χ4v) is 2.02. The molecule has 1 aromatic carbocycles. The highest BCUT2D eigenvalue weighted by Gasteiger charge is 2.38. The standard InChI is InChI=1S/C15H19FN2O2/c1-9-3-4-11(8-13(9)16)14(19)17-5-6-18-15(20)12-7-10(12)2/h3-4,8,10,12H,5-7H2,1-2H3,(H,17,19)(H,18,20)/t10-,12-/m0/s1. The van der Waals surface area contributed by atoms with Crippen LogP contribution < -0.4 is 10.6 Å². The zero-order valence-corrected chi connectivity index (χ0v) is 11.7. The molecule has 0 unspecified atom stereocenters. The van der Waals surface area contributed by atoms with E-state index in [0.717, 1.165) is 6.42 Å². The predicted octanol–water partition coefficient (Wildman–Crippen LogP) is 1.64. The Labute approximate surface area is 117 Å². The molecule has 1 aliphatic rings. The topological polar surface area (TPSA) is 58.2 Å². The van der Waals surface area contributed by atoms with Crippen LogP contribution in [0.2, 0.25) is 0 Å². The quantitative estimate of drug-likeness (QED) is 0.804. The summed E-state index contributed by atoms with van der Waals surface area (Å²) in [7, 11) is 0. The normalized spacial score (nSPS) is 20.4. The molecule has 2 amide bonds. The van der Waals surface area contributed by atoms with Crippen molar-refractivity contribution in [3.05, 3.63) is 35.1 Å². The Kier molecular flexibility index (Phi) is 4.37. The van der Waals surface area contributed by atoms with E-state index in [0.29, 0.717) is 24.6 Å². The van der Waals surface area contributed by atoms with Gasteiger partial charge in [0.05, 0.1) is 0 Å². The number of halogens is 1. The van der Waals surface area contributed by atoms with Crippen LogP contribution in [0.15, 0.2) is 18.2 Å². The van der Waals surface area contributed by atoms with Crippen LogP contribution >= 0.6 is 0 Å². The van der Waals surface area contributed by atoms with E-state index in [9.17, 15) is 14.0 Å². The number of carbonyl (C=O) groups is 2. The number of amides is 2. The van der Waals surface area contributed by atoms with E-state index < -0.39 is 5.82 Å². The highest BCUT2D eigenvalue weighted by atomic mass is 19.1. The van der Waals surface area contributed by atoms with E-state index in [4.69, 9.17) is 0 Å². The number of aryl methyl sites for hydroxylation is 1. The molecule has 1 fully saturated rings. The third kappa shape index (κ3) is 3.56. The molecule has 108 valence electrons. The number of nitrogens with one attached hydrogen (secondary N) is 2. The van der Waals surface area contributed by atoms with Crippen LogP contribution in [0.25, 0.3) is 0 Å². The summed E-state index contributed by atoms with van der Waals surface area (Å²) in [6.45, 7) is 4.41. The van der Waals surface area contributed by atoms with Crippen molar-refractivity contribution in [3.63, 3.8) is 0 Å². The Morgan fingerprint density at radius 2 is 1.95 bits per heavy atom. The molecule has 5 heteroatoms. The van der Waals surface area contributed by atoms with Gasteiger partial charge in [-0.25, -0.2) is 4.39 Å². The first-order valence-electron chi connectivity index (χ1n) is 6.81. The summed E-state index contributed by atoms with van der Waals surface area (Å²) >= 11 is 0. The lowest BCUT2D eigenvalue weighted by Crippen LogP contribution is -2.35. The maximum Gasteiger partial charge on any atom is 0.251 e. The summed E-state index contributed by atoms with van der Waals surface area (Å²) in [5.74, 6) is -0.0724. The molecule has 1 saturated carbocycles. The van der Waals surface area contributed by atoms with Crippen molar-refractivity contribution in [2.75, 3.05) is 13.1 Å². The Balaban J connectivity index is 1.72. The molecule has 2 N–H and O–H groups in total. The highest BCUT2D eigenvalue weighted by Crippen LogP contribution is 2.37. The lowest BCUT2D eigenvalue weighted by Gasteiger charge is -2.07. The van der Waals surface area contributed by atoms with Crippen LogP contribution in [0.5, 0.6) is 0 Å². The minimum atomic E-state index is -0.395. The highest BCUT2D eigenvalue weighted by molar-refractivity contribution is 5.94. The lowest BCUT2D eigenvalue weighted by atomic mass is 10.1. The van der Waals surface area contributed by atoms with Crippen LogP contribution in [0.3, 0.4) is 0 Å². The summed E-state index contributed by atoms with van der Waals surface area (Å²) in [5.41, 5.74) is 0.794. The smallest absolute Gasteiger partial charge is 0.251 e. The fourth-order valence-electron chi connectivity index (χ4n) is 2.02. The van der Waals surface area contributed by atoms with Gasteiger partial charge in [0, 0.05) is 24.6 Å². The second-order valence-corrected chi connectivity index (χ2v) is 5.33. The van der Waals surface area contributed by atoms with Gasteiger partial charge in [0.2, 0.25) is 5.91 Å². The molecule has 2 rings (SSSR count). The molecule has 0 bridgehead atoms. The summed E-state index contributed by atoms with van der Waals surface area (Å²) in [6.07, 6.45) is 0.945. The van der Waals surface area contributed by atoms with Crippen LogP contribution in [0, 0.1) is 24.6 Å². The van der Waals surface area contributed by atoms with Gasteiger partial charge in [-0.15, -0.1) is 0 Å². The van der Waals surface area contributed by atoms with E-state index in [1.54, 1.807) is 19.1 Å². The Morgan fingerprint density at radius 1 is 1.30 bits per heavy atom. The van der Waals surface area contributed by atoms with Crippen molar-refractivity contribution in [3.8, 4) is 0 Å². The van der Waals surface area contributed by atoms with Gasteiger partial charge in [0.1, 0.15) is 5.82 Å². The first kappa shape index (κ1) is 14.5. The largest absolute Gasteiger partial charge is 0.354 e.